The van der Waals surface area contributed by atoms with Crippen LogP contribution < -0.4 is 0 Å². The first-order valence-corrected chi connectivity index (χ1v) is 38.5. The standard InChI is InChI=1S/C68H132O17P2/c1-7-9-11-13-15-32-38-44-50-65(70)78-56-63(84-67(72)52-46-40-33-16-14-12-10-8-2)58-82-86(74,75)80-54-62(69)55-81-87(76,77)83-59-64(57-79-66(71)51-45-39-35-29-31-37-43-49-61(5)6)85-68(73)53-47-41-34-28-26-24-22-20-18-17-19-21-23-25-27-30-36-42-48-60(3)4/h60-64,69H,7-59H2,1-6H3,(H,74,75)(H,76,77)/t62-,63+,64+/m0/s1. The van der Waals surface area contributed by atoms with Gasteiger partial charge in [-0.15, -0.1) is 0 Å². The summed E-state index contributed by atoms with van der Waals surface area (Å²) in [5.74, 6) is -0.609. The molecular formula is C68H132O17P2. The number of phosphoric ester groups is 2. The Morgan fingerprint density at radius 2 is 0.529 bits per heavy atom. The molecule has 3 N–H and O–H groups in total. The van der Waals surface area contributed by atoms with Crippen molar-refractivity contribution in [3.05, 3.63) is 0 Å². The molecule has 87 heavy (non-hydrogen) atoms. The first kappa shape index (κ1) is 85.1. The summed E-state index contributed by atoms with van der Waals surface area (Å²) in [5, 5.41) is 10.5. The van der Waals surface area contributed by atoms with Gasteiger partial charge in [-0.25, -0.2) is 9.13 Å². The van der Waals surface area contributed by atoms with Gasteiger partial charge in [0.15, 0.2) is 12.2 Å². The lowest BCUT2D eigenvalue weighted by molar-refractivity contribution is -0.161. The van der Waals surface area contributed by atoms with Crippen molar-refractivity contribution in [2.45, 2.75) is 362 Å². The molecule has 0 amide bonds. The smallest absolute Gasteiger partial charge is 0.462 e. The molecule has 516 valence electrons. The molecule has 2 unspecified atom stereocenters. The molecule has 0 aromatic rings. The number of phosphoric acid groups is 2. The van der Waals surface area contributed by atoms with E-state index < -0.39 is 97.5 Å². The van der Waals surface area contributed by atoms with Crippen LogP contribution in [0.4, 0.5) is 0 Å². The van der Waals surface area contributed by atoms with Gasteiger partial charge >= 0.3 is 39.5 Å². The third-order valence-electron chi connectivity index (χ3n) is 15.7. The molecule has 0 saturated carbocycles. The lowest BCUT2D eigenvalue weighted by Gasteiger charge is -2.21. The van der Waals surface area contributed by atoms with Crippen LogP contribution >= 0.6 is 15.6 Å². The van der Waals surface area contributed by atoms with Crippen molar-refractivity contribution in [1.29, 1.82) is 0 Å². The Morgan fingerprint density at radius 1 is 0.310 bits per heavy atom. The predicted octanol–water partition coefficient (Wildman–Crippen LogP) is 19.2. The number of hydrogen-bond donors (Lipinski definition) is 3. The van der Waals surface area contributed by atoms with Crippen molar-refractivity contribution in [3.63, 3.8) is 0 Å². The van der Waals surface area contributed by atoms with Gasteiger partial charge in [-0.05, 0) is 37.5 Å². The molecule has 0 aliphatic heterocycles. The summed E-state index contributed by atoms with van der Waals surface area (Å²) in [7, 11) is -9.89. The van der Waals surface area contributed by atoms with E-state index in [4.69, 9.17) is 37.0 Å². The molecule has 0 bridgehead atoms. The van der Waals surface area contributed by atoms with Gasteiger partial charge in [0, 0.05) is 25.7 Å². The topological polar surface area (TPSA) is 237 Å². The first-order chi connectivity index (χ1) is 41.9. The largest absolute Gasteiger partial charge is 0.472 e. The van der Waals surface area contributed by atoms with Gasteiger partial charge in [0.2, 0.25) is 0 Å². The van der Waals surface area contributed by atoms with E-state index in [9.17, 15) is 43.2 Å². The second-order valence-electron chi connectivity index (χ2n) is 25.5. The van der Waals surface area contributed by atoms with Crippen LogP contribution in [0, 0.1) is 11.8 Å². The lowest BCUT2D eigenvalue weighted by atomic mass is 10.0. The Bertz CT molecular complexity index is 1700. The molecule has 0 heterocycles. The molecule has 19 heteroatoms. The van der Waals surface area contributed by atoms with Crippen LogP contribution in [0.1, 0.15) is 343 Å². The Balaban J connectivity index is 5.10. The highest BCUT2D eigenvalue weighted by Crippen LogP contribution is 2.45. The molecule has 0 aliphatic rings. The van der Waals surface area contributed by atoms with Crippen LogP contribution in [0.3, 0.4) is 0 Å². The Kier molecular flexibility index (Phi) is 59.0. The zero-order valence-electron chi connectivity index (χ0n) is 56.3. The van der Waals surface area contributed by atoms with Gasteiger partial charge < -0.3 is 33.8 Å². The first-order valence-electron chi connectivity index (χ1n) is 35.5. The summed E-state index contributed by atoms with van der Waals surface area (Å²) in [6.45, 7) is 9.45. The van der Waals surface area contributed by atoms with Crippen molar-refractivity contribution in [2.75, 3.05) is 39.6 Å². The fourth-order valence-corrected chi connectivity index (χ4v) is 11.8. The number of rotatable bonds is 67. The number of carbonyl (C=O) groups excluding carboxylic acids is 4. The average molecular weight is 1280 g/mol. The summed E-state index contributed by atoms with van der Waals surface area (Å²) >= 11 is 0. The minimum atomic E-state index is -4.95. The Hall–Kier alpha value is -1.94. The van der Waals surface area contributed by atoms with Gasteiger partial charge in [-0.2, -0.15) is 0 Å². The van der Waals surface area contributed by atoms with Gasteiger partial charge in [0.05, 0.1) is 26.4 Å². The molecule has 17 nitrogen and oxygen atoms in total. The number of ether oxygens (including phenoxy) is 4. The minimum Gasteiger partial charge on any atom is -0.462 e. The van der Waals surface area contributed by atoms with Crippen molar-refractivity contribution < 1.29 is 80.2 Å². The van der Waals surface area contributed by atoms with Crippen LogP contribution in [-0.4, -0.2) is 96.7 Å². The van der Waals surface area contributed by atoms with E-state index >= 15 is 0 Å². The second kappa shape index (κ2) is 60.3. The van der Waals surface area contributed by atoms with Crippen molar-refractivity contribution in [3.8, 4) is 0 Å². The zero-order valence-corrected chi connectivity index (χ0v) is 58.1. The third kappa shape index (κ3) is 62.6. The highest BCUT2D eigenvalue weighted by Gasteiger charge is 2.30. The molecule has 0 saturated heterocycles. The molecule has 0 aliphatic carbocycles. The van der Waals surface area contributed by atoms with E-state index in [1.165, 1.54) is 141 Å². The highest BCUT2D eigenvalue weighted by atomic mass is 31.2. The summed E-state index contributed by atoms with van der Waals surface area (Å²) < 4.78 is 68.0. The number of aliphatic hydroxyl groups is 1. The van der Waals surface area contributed by atoms with Crippen molar-refractivity contribution in [1.82, 2.24) is 0 Å². The fourth-order valence-electron chi connectivity index (χ4n) is 10.2. The quantitative estimate of drug-likeness (QED) is 0.0222. The molecular weight excluding hydrogens is 1150 g/mol. The number of esters is 4. The van der Waals surface area contributed by atoms with Crippen LogP contribution in [0.5, 0.6) is 0 Å². The molecule has 5 atom stereocenters. The van der Waals surface area contributed by atoms with E-state index in [0.717, 1.165) is 115 Å². The third-order valence-corrected chi connectivity index (χ3v) is 17.6. The van der Waals surface area contributed by atoms with Crippen LogP contribution in [0.2, 0.25) is 0 Å². The maximum absolute atomic E-state index is 13.0. The summed E-state index contributed by atoms with van der Waals surface area (Å²) in [6.07, 6.45) is 44.8. The normalized spacial score (nSPS) is 14.2. The van der Waals surface area contributed by atoms with Crippen LogP contribution in [0.15, 0.2) is 0 Å². The molecule has 0 rings (SSSR count). The maximum atomic E-state index is 13.0. The van der Waals surface area contributed by atoms with Crippen LogP contribution in [-0.2, 0) is 65.4 Å². The summed E-state index contributed by atoms with van der Waals surface area (Å²) in [4.78, 5) is 72.2. The summed E-state index contributed by atoms with van der Waals surface area (Å²) in [5.41, 5.74) is 0. The van der Waals surface area contributed by atoms with Crippen molar-refractivity contribution >= 4 is 39.5 Å². The van der Waals surface area contributed by atoms with E-state index in [-0.39, 0.29) is 25.7 Å². The average Bonchev–Trinajstić information content (AvgIpc) is 3.69. The lowest BCUT2D eigenvalue weighted by Crippen LogP contribution is -2.30. The van der Waals surface area contributed by atoms with Gasteiger partial charge in [-0.1, -0.05) is 292 Å². The monoisotopic (exact) mass is 1280 g/mol. The van der Waals surface area contributed by atoms with Gasteiger partial charge in [0.25, 0.3) is 0 Å². The van der Waals surface area contributed by atoms with Gasteiger partial charge in [-0.3, -0.25) is 37.3 Å². The molecule has 0 aromatic carbocycles. The molecule has 0 radical (unpaired) electrons. The number of hydrogen-bond acceptors (Lipinski definition) is 15. The molecule has 0 fully saturated rings. The van der Waals surface area contributed by atoms with E-state index in [2.05, 4.69) is 41.5 Å². The minimum absolute atomic E-state index is 0.105. The Labute approximate surface area is 530 Å². The van der Waals surface area contributed by atoms with E-state index in [1.807, 2.05) is 0 Å². The highest BCUT2D eigenvalue weighted by molar-refractivity contribution is 7.47. The van der Waals surface area contributed by atoms with Gasteiger partial charge in [0.1, 0.15) is 19.3 Å². The van der Waals surface area contributed by atoms with E-state index in [0.29, 0.717) is 31.6 Å². The van der Waals surface area contributed by atoms with Crippen LogP contribution in [0.25, 0.3) is 0 Å². The summed E-state index contributed by atoms with van der Waals surface area (Å²) in [6, 6.07) is 0. The second-order valence-corrected chi connectivity index (χ2v) is 28.4. The fraction of sp³-hybridized carbons (Fsp3) is 0.941. The number of aliphatic hydroxyl groups excluding tert-OH is 1. The number of carbonyl (C=O) groups is 4. The maximum Gasteiger partial charge on any atom is 0.472 e. The van der Waals surface area contributed by atoms with Crippen molar-refractivity contribution in [2.24, 2.45) is 11.8 Å². The predicted molar refractivity (Wildman–Crippen MR) is 349 cm³/mol. The SMILES string of the molecule is CCCCCCCCCCC(=O)OC[C@H](COP(=O)(O)OC[C@H](O)COP(=O)(O)OC[C@@H](COC(=O)CCCCCCCCCC(C)C)OC(=O)CCCCCCCCCCCCCCCCCCCCC(C)C)OC(=O)CCCCCCCCCC. The molecule has 0 aromatic heterocycles. The Morgan fingerprint density at radius 3 is 0.782 bits per heavy atom. The van der Waals surface area contributed by atoms with E-state index in [1.54, 1.807) is 0 Å². The zero-order chi connectivity index (χ0) is 64.3. The molecule has 0 spiro atoms. The number of unbranched alkanes of at least 4 members (excludes halogenated alkanes) is 37.